The smallest absolute Gasteiger partial charge is 0.258 e. The SMILES string of the molecule is COc1ccc(Nc2nc3c(c(=O)[nH]2)[C@H](C(=O)Nc2cc(Cl)cc(Cl)c2)CC(=O)N3)cc1. The third-order valence-electron chi connectivity index (χ3n) is 4.75. The quantitative estimate of drug-likeness (QED) is 0.445. The number of hydrogen-bond acceptors (Lipinski definition) is 6. The van der Waals surface area contributed by atoms with Crippen molar-refractivity contribution in [2.24, 2.45) is 0 Å². The maximum absolute atomic E-state index is 12.9. The fraction of sp³-hybridized carbons (Fsp3) is 0.143. The molecule has 11 heteroatoms. The summed E-state index contributed by atoms with van der Waals surface area (Å²) in [6.45, 7) is 0. The van der Waals surface area contributed by atoms with Gasteiger partial charge < -0.3 is 20.7 Å². The Kier molecular flexibility index (Phi) is 6.02. The third kappa shape index (κ3) is 4.68. The first kappa shape index (κ1) is 21.7. The largest absolute Gasteiger partial charge is 0.497 e. The van der Waals surface area contributed by atoms with Crippen LogP contribution in [0.5, 0.6) is 5.75 Å². The molecule has 2 heterocycles. The molecule has 32 heavy (non-hydrogen) atoms. The van der Waals surface area contributed by atoms with E-state index in [-0.39, 0.29) is 23.8 Å². The lowest BCUT2D eigenvalue weighted by atomic mass is 9.92. The van der Waals surface area contributed by atoms with E-state index in [1.165, 1.54) is 18.2 Å². The number of amides is 2. The van der Waals surface area contributed by atoms with Crippen LogP contribution in [-0.2, 0) is 9.59 Å². The summed E-state index contributed by atoms with van der Waals surface area (Å²) in [4.78, 5) is 44.9. The van der Waals surface area contributed by atoms with Gasteiger partial charge in [0.2, 0.25) is 17.8 Å². The van der Waals surface area contributed by atoms with Crippen molar-refractivity contribution in [3.05, 3.63) is 68.4 Å². The van der Waals surface area contributed by atoms with Crippen LogP contribution in [0.2, 0.25) is 10.0 Å². The van der Waals surface area contributed by atoms with Crippen molar-refractivity contribution in [3.63, 3.8) is 0 Å². The van der Waals surface area contributed by atoms with Gasteiger partial charge >= 0.3 is 0 Å². The van der Waals surface area contributed by atoms with Crippen molar-refractivity contribution in [2.45, 2.75) is 12.3 Å². The van der Waals surface area contributed by atoms with Gasteiger partial charge in [0.1, 0.15) is 11.6 Å². The molecule has 4 N–H and O–H groups in total. The molecule has 1 aromatic heterocycles. The minimum absolute atomic E-state index is 0.0188. The van der Waals surface area contributed by atoms with Crippen LogP contribution in [0.4, 0.5) is 23.1 Å². The molecule has 1 aliphatic heterocycles. The van der Waals surface area contributed by atoms with Crippen LogP contribution >= 0.6 is 23.2 Å². The fourth-order valence-electron chi connectivity index (χ4n) is 3.32. The number of rotatable bonds is 5. The number of carbonyl (C=O) groups excluding carboxylic acids is 2. The number of anilines is 4. The summed E-state index contributed by atoms with van der Waals surface area (Å²) >= 11 is 11.9. The summed E-state index contributed by atoms with van der Waals surface area (Å²) in [7, 11) is 1.56. The summed E-state index contributed by atoms with van der Waals surface area (Å²) in [5.41, 5.74) is 0.510. The molecule has 3 aromatic rings. The first-order valence-corrected chi connectivity index (χ1v) is 10.2. The van der Waals surface area contributed by atoms with Gasteiger partial charge in [-0.05, 0) is 42.5 Å². The zero-order chi connectivity index (χ0) is 22.8. The van der Waals surface area contributed by atoms with Crippen LogP contribution in [0, 0.1) is 0 Å². The number of nitrogens with one attached hydrogen (secondary N) is 4. The lowest BCUT2D eigenvalue weighted by molar-refractivity contribution is -0.123. The molecule has 9 nitrogen and oxygen atoms in total. The van der Waals surface area contributed by atoms with E-state index in [2.05, 4.69) is 25.9 Å². The molecule has 0 spiro atoms. The number of methoxy groups -OCH3 is 1. The summed E-state index contributed by atoms with van der Waals surface area (Å²) < 4.78 is 5.11. The van der Waals surface area contributed by atoms with Crippen molar-refractivity contribution in [1.29, 1.82) is 0 Å². The second-order valence-corrected chi connectivity index (χ2v) is 7.86. The lowest BCUT2D eigenvalue weighted by Gasteiger charge is -2.23. The molecular formula is C21H17Cl2N5O4. The van der Waals surface area contributed by atoms with Gasteiger partial charge in [0.05, 0.1) is 18.6 Å². The van der Waals surface area contributed by atoms with E-state index in [4.69, 9.17) is 27.9 Å². The molecule has 2 amide bonds. The number of halogens is 2. The summed E-state index contributed by atoms with van der Waals surface area (Å²) in [6.07, 6.45) is -0.205. The Balaban J connectivity index is 1.62. The average molecular weight is 474 g/mol. The average Bonchev–Trinajstić information content (AvgIpc) is 2.72. The van der Waals surface area contributed by atoms with Crippen LogP contribution in [0.3, 0.4) is 0 Å². The number of aromatic nitrogens is 2. The maximum atomic E-state index is 12.9. The van der Waals surface area contributed by atoms with E-state index < -0.39 is 23.3 Å². The molecule has 0 bridgehead atoms. The van der Waals surface area contributed by atoms with E-state index in [1.54, 1.807) is 31.4 Å². The van der Waals surface area contributed by atoms with E-state index in [1.807, 2.05) is 0 Å². The highest BCUT2D eigenvalue weighted by Gasteiger charge is 2.34. The highest BCUT2D eigenvalue weighted by Crippen LogP contribution is 2.31. The first-order valence-electron chi connectivity index (χ1n) is 9.44. The standard InChI is InChI=1S/C21H17Cl2N5O4/c1-32-14-4-2-12(3-5-14)25-21-27-18-17(20(31)28-21)15(9-16(29)26-18)19(30)24-13-7-10(22)6-11(23)8-13/h2-8,15H,9H2,1H3,(H,24,30)(H3,25,26,27,28,29,31)/t15-/m1/s1. The zero-order valence-corrected chi connectivity index (χ0v) is 18.2. The monoisotopic (exact) mass is 473 g/mol. The van der Waals surface area contributed by atoms with E-state index >= 15 is 0 Å². The Labute approximate surface area is 192 Å². The van der Waals surface area contributed by atoms with Crippen molar-refractivity contribution < 1.29 is 14.3 Å². The van der Waals surface area contributed by atoms with Gasteiger partial charge in [-0.25, -0.2) is 0 Å². The van der Waals surface area contributed by atoms with Crippen LogP contribution < -0.4 is 26.2 Å². The van der Waals surface area contributed by atoms with Crippen molar-refractivity contribution >= 4 is 58.2 Å². The van der Waals surface area contributed by atoms with E-state index in [9.17, 15) is 14.4 Å². The summed E-state index contributed by atoms with van der Waals surface area (Å²) in [6, 6.07) is 11.5. The predicted molar refractivity (Wildman–Crippen MR) is 122 cm³/mol. The molecule has 1 aliphatic rings. The number of H-pyrrole nitrogens is 1. The molecule has 0 saturated heterocycles. The van der Waals surface area contributed by atoms with Gasteiger partial charge in [-0.1, -0.05) is 23.2 Å². The Hall–Kier alpha value is -3.56. The lowest BCUT2D eigenvalue weighted by Crippen LogP contribution is -2.36. The van der Waals surface area contributed by atoms with Crippen LogP contribution in [0.25, 0.3) is 0 Å². The summed E-state index contributed by atoms with van der Waals surface area (Å²) in [5, 5.41) is 8.84. The first-order chi connectivity index (χ1) is 15.3. The third-order valence-corrected chi connectivity index (χ3v) is 5.19. The van der Waals surface area contributed by atoms with Crippen molar-refractivity contribution in [1.82, 2.24) is 9.97 Å². The van der Waals surface area contributed by atoms with Crippen molar-refractivity contribution in [2.75, 3.05) is 23.1 Å². The number of fused-ring (bicyclic) bond motifs is 1. The Morgan fingerprint density at radius 1 is 1.09 bits per heavy atom. The van der Waals surface area contributed by atoms with Crippen LogP contribution in [0.1, 0.15) is 17.9 Å². The molecule has 0 saturated carbocycles. The number of ether oxygens (including phenoxy) is 1. The van der Waals surface area contributed by atoms with E-state index in [0.717, 1.165) is 0 Å². The minimum Gasteiger partial charge on any atom is -0.497 e. The number of carbonyl (C=O) groups is 2. The Bertz CT molecular complexity index is 1240. The Morgan fingerprint density at radius 2 is 1.78 bits per heavy atom. The molecule has 0 fully saturated rings. The number of benzene rings is 2. The fourth-order valence-corrected chi connectivity index (χ4v) is 3.85. The normalized spacial score (nSPS) is 14.8. The minimum atomic E-state index is -1.04. The van der Waals surface area contributed by atoms with Gasteiger partial charge in [0.25, 0.3) is 5.56 Å². The van der Waals surface area contributed by atoms with Crippen LogP contribution in [-0.4, -0.2) is 28.9 Å². The number of nitrogens with zero attached hydrogens (tertiary/aromatic N) is 1. The second kappa shape index (κ2) is 8.89. The molecule has 0 unspecified atom stereocenters. The summed E-state index contributed by atoms with van der Waals surface area (Å²) in [5.74, 6) is -1.22. The molecule has 164 valence electrons. The van der Waals surface area contributed by atoms with Crippen LogP contribution in [0.15, 0.2) is 47.3 Å². The molecule has 1 atom stereocenters. The molecular weight excluding hydrogens is 457 g/mol. The topological polar surface area (TPSA) is 125 Å². The maximum Gasteiger partial charge on any atom is 0.258 e. The van der Waals surface area contributed by atoms with Crippen molar-refractivity contribution in [3.8, 4) is 5.75 Å². The Morgan fingerprint density at radius 3 is 2.44 bits per heavy atom. The number of hydrogen-bond donors (Lipinski definition) is 4. The number of aromatic amines is 1. The molecule has 0 radical (unpaired) electrons. The van der Waals surface area contributed by atoms with Gasteiger partial charge in [0.15, 0.2) is 0 Å². The van der Waals surface area contributed by atoms with Gasteiger partial charge in [0, 0.05) is 27.8 Å². The molecule has 2 aromatic carbocycles. The van der Waals surface area contributed by atoms with Gasteiger partial charge in [-0.3, -0.25) is 19.4 Å². The molecule has 4 rings (SSSR count). The van der Waals surface area contributed by atoms with Gasteiger partial charge in [-0.2, -0.15) is 4.98 Å². The predicted octanol–water partition coefficient (Wildman–Crippen LogP) is 3.89. The highest BCUT2D eigenvalue weighted by molar-refractivity contribution is 6.35. The second-order valence-electron chi connectivity index (χ2n) is 6.98. The van der Waals surface area contributed by atoms with Gasteiger partial charge in [-0.15, -0.1) is 0 Å². The van der Waals surface area contributed by atoms with E-state index in [0.29, 0.717) is 27.2 Å². The molecule has 0 aliphatic carbocycles. The zero-order valence-electron chi connectivity index (χ0n) is 16.7. The highest BCUT2D eigenvalue weighted by atomic mass is 35.5.